The summed E-state index contributed by atoms with van der Waals surface area (Å²) in [6, 6.07) is 28.8. The monoisotopic (exact) mass is 686 g/mol. The number of hydrogen-bond donors (Lipinski definition) is 1. The molecule has 0 amide bonds. The van der Waals surface area contributed by atoms with Gasteiger partial charge in [0.1, 0.15) is 0 Å². The number of aromatic amines is 1. The molecule has 2 aliphatic heterocycles. The van der Waals surface area contributed by atoms with Crippen molar-refractivity contribution in [2.45, 2.75) is 107 Å². The first-order valence-corrected chi connectivity index (χ1v) is 19.8. The smallest absolute Gasteiger partial charge is 0.0772 e. The zero-order chi connectivity index (χ0) is 36.5. The summed E-state index contributed by atoms with van der Waals surface area (Å²) in [7, 11) is 0. The molecule has 0 radical (unpaired) electrons. The Morgan fingerprint density at radius 2 is 0.962 bits per heavy atom. The van der Waals surface area contributed by atoms with Gasteiger partial charge in [-0.3, -0.25) is 0 Å². The van der Waals surface area contributed by atoms with Crippen LogP contribution in [0.2, 0.25) is 0 Å². The lowest BCUT2D eigenvalue weighted by Crippen LogP contribution is -1.99. The van der Waals surface area contributed by atoms with Gasteiger partial charge < -0.3 is 9.55 Å². The van der Waals surface area contributed by atoms with Gasteiger partial charge in [-0.15, -0.1) is 0 Å². The fourth-order valence-electron chi connectivity index (χ4n) is 9.05. The molecule has 1 N–H and O–H groups in total. The summed E-state index contributed by atoms with van der Waals surface area (Å²) in [6.07, 6.45) is 6.45. The van der Waals surface area contributed by atoms with Crippen LogP contribution in [-0.2, 0) is 25.8 Å². The highest BCUT2D eigenvalue weighted by Crippen LogP contribution is 2.47. The van der Waals surface area contributed by atoms with Crippen LogP contribution in [0, 0.1) is 0 Å². The Bertz CT molecular complexity index is 2360. The number of H-pyrrole nitrogens is 1. The summed E-state index contributed by atoms with van der Waals surface area (Å²) >= 11 is 0. The summed E-state index contributed by atoms with van der Waals surface area (Å²) in [6.45, 7) is 19.3. The number of aromatic nitrogens is 4. The van der Waals surface area contributed by atoms with Crippen molar-refractivity contribution in [1.29, 1.82) is 0 Å². The molecule has 4 nitrogen and oxygen atoms in total. The van der Waals surface area contributed by atoms with Crippen molar-refractivity contribution in [3.8, 4) is 22.3 Å². The van der Waals surface area contributed by atoms with Crippen molar-refractivity contribution in [3.05, 3.63) is 118 Å². The van der Waals surface area contributed by atoms with Gasteiger partial charge in [0, 0.05) is 39.8 Å². The van der Waals surface area contributed by atoms with Crippen LogP contribution in [0.25, 0.3) is 66.6 Å². The number of hydrogen-bond acceptors (Lipinski definition) is 2. The maximum Gasteiger partial charge on any atom is 0.0772 e. The average molecular weight is 687 g/mol. The molecule has 2 aromatic carbocycles. The van der Waals surface area contributed by atoms with Crippen LogP contribution in [-0.4, -0.2) is 19.5 Å². The van der Waals surface area contributed by atoms with E-state index < -0.39 is 0 Å². The molecule has 8 bridgehead atoms. The normalized spacial score (nSPS) is 13.1. The molecule has 0 unspecified atom stereocenters. The van der Waals surface area contributed by atoms with Crippen molar-refractivity contribution < 1.29 is 0 Å². The van der Waals surface area contributed by atoms with Gasteiger partial charge in [-0.25, -0.2) is 9.97 Å². The Labute approximate surface area is 310 Å². The molecule has 5 heterocycles. The van der Waals surface area contributed by atoms with Crippen LogP contribution < -0.4 is 0 Å². The van der Waals surface area contributed by atoms with E-state index in [0.717, 1.165) is 90.9 Å². The van der Waals surface area contributed by atoms with Crippen LogP contribution in [0.3, 0.4) is 0 Å². The van der Waals surface area contributed by atoms with E-state index in [1.807, 2.05) is 0 Å². The molecule has 52 heavy (non-hydrogen) atoms. The second kappa shape index (κ2) is 14.9. The Hall–Kier alpha value is -4.96. The van der Waals surface area contributed by atoms with Gasteiger partial charge in [0.2, 0.25) is 0 Å². The summed E-state index contributed by atoms with van der Waals surface area (Å²) in [5.74, 6) is 0. The van der Waals surface area contributed by atoms with Crippen molar-refractivity contribution in [3.63, 3.8) is 0 Å². The minimum absolute atomic E-state index is 0.859. The Balaban J connectivity index is 1.84. The average Bonchev–Trinajstić information content (AvgIpc) is 3.95. The van der Waals surface area contributed by atoms with Gasteiger partial charge in [0.25, 0.3) is 0 Å². The number of nitrogens with zero attached hydrogens (tertiary/aromatic N) is 3. The molecule has 3 aromatic heterocycles. The van der Waals surface area contributed by atoms with Crippen LogP contribution in [0.1, 0.15) is 121 Å². The maximum absolute atomic E-state index is 5.83. The lowest BCUT2D eigenvalue weighted by atomic mass is 9.90. The molecule has 5 aromatic rings. The third kappa shape index (κ3) is 5.68. The zero-order valence-electron chi connectivity index (χ0n) is 32.5. The Kier molecular flexibility index (Phi) is 10.2. The quantitative estimate of drug-likeness (QED) is 0.159. The van der Waals surface area contributed by atoms with Crippen molar-refractivity contribution >= 4 is 44.4 Å². The predicted molar refractivity (Wildman–Crippen MR) is 224 cm³/mol. The molecule has 0 atom stereocenters. The van der Waals surface area contributed by atoms with Gasteiger partial charge in [-0.05, 0) is 115 Å². The first-order chi connectivity index (χ1) is 25.5. The molecule has 0 fully saturated rings. The molecule has 2 aliphatic rings. The molecule has 0 aliphatic carbocycles. The van der Waals surface area contributed by atoms with Crippen LogP contribution >= 0.6 is 0 Å². The third-order valence-corrected chi connectivity index (χ3v) is 11.3. The minimum Gasteiger partial charge on any atom is -0.355 e. The van der Waals surface area contributed by atoms with Crippen LogP contribution in [0.4, 0.5) is 0 Å². The molecule has 0 saturated carbocycles. The second-order valence-electron chi connectivity index (χ2n) is 13.9. The lowest BCUT2D eigenvalue weighted by Gasteiger charge is -2.13. The molecule has 4 heteroatoms. The van der Waals surface area contributed by atoms with Crippen LogP contribution in [0.5, 0.6) is 0 Å². The topological polar surface area (TPSA) is 46.5 Å². The summed E-state index contributed by atoms with van der Waals surface area (Å²) in [5, 5.41) is 0. The number of rotatable bonds is 10. The van der Waals surface area contributed by atoms with Crippen molar-refractivity contribution in [1.82, 2.24) is 19.5 Å². The summed E-state index contributed by atoms with van der Waals surface area (Å²) in [5.41, 5.74) is 23.6. The molecular weight excluding hydrogens is 633 g/mol. The zero-order valence-corrected chi connectivity index (χ0v) is 32.5. The summed E-state index contributed by atoms with van der Waals surface area (Å²) < 4.78 is 2.58. The predicted octanol–water partition coefficient (Wildman–Crippen LogP) is 13.3. The van der Waals surface area contributed by atoms with E-state index in [-0.39, 0.29) is 0 Å². The van der Waals surface area contributed by atoms with Gasteiger partial charge in [-0.1, -0.05) is 109 Å². The first kappa shape index (κ1) is 35.4. The van der Waals surface area contributed by atoms with Gasteiger partial charge in [-0.2, -0.15) is 0 Å². The number of allylic oxidation sites excluding steroid dienone is 4. The molecule has 0 spiro atoms. The van der Waals surface area contributed by atoms with E-state index in [9.17, 15) is 0 Å². The van der Waals surface area contributed by atoms with Gasteiger partial charge >= 0.3 is 0 Å². The lowest BCUT2D eigenvalue weighted by molar-refractivity contribution is 0.822. The first-order valence-electron chi connectivity index (χ1n) is 19.8. The minimum atomic E-state index is 0.859. The van der Waals surface area contributed by atoms with Crippen molar-refractivity contribution in [2.75, 3.05) is 0 Å². The molecule has 7 rings (SSSR count). The number of fused-ring (bicyclic) bond motifs is 8. The van der Waals surface area contributed by atoms with E-state index in [0.29, 0.717) is 0 Å². The van der Waals surface area contributed by atoms with Gasteiger partial charge in [0.15, 0.2) is 0 Å². The number of nitrogens with one attached hydrogen (secondary N) is 1. The highest BCUT2D eigenvalue weighted by Gasteiger charge is 2.30. The van der Waals surface area contributed by atoms with E-state index in [1.165, 1.54) is 66.7 Å². The summed E-state index contributed by atoms with van der Waals surface area (Å²) in [4.78, 5) is 15.4. The maximum atomic E-state index is 5.83. The highest BCUT2D eigenvalue weighted by atomic mass is 15.0. The standard InChI is InChI=1S/C48H54N4/c1-9-33-38(14-6)48-43(31-25-21-18-22-26-31)47-37(13-5)35(11-3)45(51-47)39(15-7)44-34(10-2)36(12-4)46(50-44)42(30-23-19-17-20-24-30)40-28-27-32(49-40)29-41(33)52(48)16-8/h17-29,49H,9-16H2,1-8H3. The Morgan fingerprint density at radius 3 is 1.44 bits per heavy atom. The van der Waals surface area contributed by atoms with E-state index >= 15 is 0 Å². The van der Waals surface area contributed by atoms with Gasteiger partial charge in [0.05, 0.1) is 28.3 Å². The fraction of sp³-hybridized carbons (Fsp3) is 0.333. The van der Waals surface area contributed by atoms with E-state index in [2.05, 4.69) is 144 Å². The second-order valence-corrected chi connectivity index (χ2v) is 13.9. The number of aryl methyl sites for hydroxylation is 3. The van der Waals surface area contributed by atoms with E-state index in [1.54, 1.807) is 0 Å². The third-order valence-electron chi connectivity index (χ3n) is 11.3. The molecular formula is C48H54N4. The molecule has 0 saturated heterocycles. The molecule has 266 valence electrons. The van der Waals surface area contributed by atoms with Crippen LogP contribution in [0.15, 0.2) is 78.9 Å². The SMILES string of the molecule is CCC1=C(CC)c2nc1c(CC)c1nc(c(-c3ccccc3)c3c(CC)c(CC)c(cc4ccc([nH]4)c2-c2ccccc2)n3CC)C(CC)=C1CC. The fourth-order valence-corrected chi connectivity index (χ4v) is 9.05. The van der Waals surface area contributed by atoms with E-state index in [4.69, 9.17) is 9.97 Å². The number of benzene rings is 2. The highest BCUT2D eigenvalue weighted by molar-refractivity contribution is 6.04. The Morgan fingerprint density at radius 1 is 0.481 bits per heavy atom. The largest absolute Gasteiger partial charge is 0.355 e. The van der Waals surface area contributed by atoms with Crippen molar-refractivity contribution in [2.24, 2.45) is 0 Å².